The Morgan fingerprint density at radius 2 is 2.15 bits per heavy atom. The van der Waals surface area contributed by atoms with Crippen molar-refractivity contribution >= 4 is 12.2 Å². The van der Waals surface area contributed by atoms with Gasteiger partial charge in [0.25, 0.3) is 0 Å². The van der Waals surface area contributed by atoms with Crippen molar-refractivity contribution in [1.82, 2.24) is 9.97 Å². The molecule has 0 aliphatic rings. The Balaban J connectivity index is 0. The van der Waals surface area contributed by atoms with Crippen LogP contribution < -0.4 is 29.6 Å². The SMILES string of the molecule is COC(OC)c1ccnc(=S)[nH]1.[H-].[Na+]. The van der Waals surface area contributed by atoms with E-state index in [9.17, 15) is 0 Å². The minimum atomic E-state index is -0.408. The summed E-state index contributed by atoms with van der Waals surface area (Å²) in [4.78, 5) is 6.70. The quantitative estimate of drug-likeness (QED) is 0.376. The monoisotopic (exact) mass is 210 g/mol. The first kappa shape index (κ1) is 13.2. The molecule has 0 saturated heterocycles. The number of aromatic amines is 1. The van der Waals surface area contributed by atoms with Gasteiger partial charge in [-0.2, -0.15) is 0 Å². The van der Waals surface area contributed by atoms with Gasteiger partial charge in [-0.05, 0) is 18.3 Å². The van der Waals surface area contributed by atoms with Gasteiger partial charge in [0.2, 0.25) is 0 Å². The first-order valence-electron chi connectivity index (χ1n) is 3.38. The Hall–Kier alpha value is 0.220. The molecule has 0 unspecified atom stereocenters. The molecule has 0 atom stereocenters. The largest absolute Gasteiger partial charge is 1.00 e. The van der Waals surface area contributed by atoms with Crippen molar-refractivity contribution in [3.63, 3.8) is 0 Å². The number of nitrogens with zero attached hydrogens (tertiary/aromatic N) is 1. The predicted octanol–water partition coefficient (Wildman–Crippen LogP) is -1.45. The molecule has 0 spiro atoms. The minimum Gasteiger partial charge on any atom is -1.00 e. The predicted molar refractivity (Wildman–Crippen MR) is 47.3 cm³/mol. The van der Waals surface area contributed by atoms with Crippen molar-refractivity contribution < 1.29 is 40.5 Å². The molecule has 4 nitrogen and oxygen atoms in total. The molecule has 0 bridgehead atoms. The zero-order chi connectivity index (χ0) is 8.97. The first-order chi connectivity index (χ1) is 5.77. The third-order valence-corrected chi connectivity index (χ3v) is 1.59. The molecule has 0 aromatic carbocycles. The Morgan fingerprint density at radius 3 is 2.62 bits per heavy atom. The molecule has 68 valence electrons. The molecule has 1 aromatic rings. The summed E-state index contributed by atoms with van der Waals surface area (Å²) in [5.74, 6) is 0. The van der Waals surface area contributed by atoms with Crippen LogP contribution in [0.4, 0.5) is 0 Å². The van der Waals surface area contributed by atoms with E-state index in [1.165, 1.54) is 0 Å². The van der Waals surface area contributed by atoms with Crippen molar-refractivity contribution in [2.75, 3.05) is 14.2 Å². The second kappa shape index (κ2) is 6.64. The van der Waals surface area contributed by atoms with Gasteiger partial charge in [-0.1, -0.05) is 0 Å². The maximum Gasteiger partial charge on any atom is 1.00 e. The standard InChI is InChI=1S/C7H10N2O2S.Na.H/c1-10-6(11-2)5-3-4-8-7(12)9-5;;/h3-4,6H,1-2H3,(H,8,9,12);;/q;+1;-1. The Labute approximate surface area is 105 Å². The van der Waals surface area contributed by atoms with Crippen LogP contribution in [0.2, 0.25) is 0 Å². The molecule has 0 amide bonds. The number of H-pyrrole nitrogens is 1. The fraction of sp³-hybridized carbons (Fsp3) is 0.429. The number of ether oxygens (including phenoxy) is 2. The maximum atomic E-state index is 5.01. The normalized spacial score (nSPS) is 9.77. The Morgan fingerprint density at radius 1 is 1.54 bits per heavy atom. The van der Waals surface area contributed by atoms with E-state index in [2.05, 4.69) is 9.97 Å². The molecule has 0 fully saturated rings. The van der Waals surface area contributed by atoms with Gasteiger partial charge in [0.05, 0.1) is 5.69 Å². The third-order valence-electron chi connectivity index (χ3n) is 1.38. The molecule has 1 aromatic heterocycles. The summed E-state index contributed by atoms with van der Waals surface area (Å²) < 4.78 is 10.4. The second-order valence-electron chi connectivity index (χ2n) is 2.13. The zero-order valence-electron chi connectivity index (χ0n) is 8.90. The number of hydrogen-bond acceptors (Lipinski definition) is 4. The number of hydrogen-bond donors (Lipinski definition) is 1. The molecule has 6 heteroatoms. The molecule has 0 radical (unpaired) electrons. The fourth-order valence-electron chi connectivity index (χ4n) is 0.870. The number of nitrogens with one attached hydrogen (secondary N) is 1. The van der Waals surface area contributed by atoms with Crippen LogP contribution in [0.25, 0.3) is 0 Å². The van der Waals surface area contributed by atoms with Crippen LogP contribution >= 0.6 is 12.2 Å². The van der Waals surface area contributed by atoms with Crippen LogP contribution in [0.3, 0.4) is 0 Å². The fourth-order valence-corrected chi connectivity index (χ4v) is 1.05. The van der Waals surface area contributed by atoms with Crippen molar-refractivity contribution in [1.29, 1.82) is 0 Å². The molecule has 13 heavy (non-hydrogen) atoms. The van der Waals surface area contributed by atoms with Crippen molar-refractivity contribution in [2.24, 2.45) is 0 Å². The molecule has 1 rings (SSSR count). The maximum absolute atomic E-state index is 5.01. The zero-order valence-corrected chi connectivity index (χ0v) is 10.7. The average Bonchev–Trinajstić information content (AvgIpc) is 2.07. The van der Waals surface area contributed by atoms with Crippen LogP contribution in [-0.2, 0) is 9.47 Å². The molecule has 0 aliphatic heterocycles. The summed E-state index contributed by atoms with van der Waals surface area (Å²) in [6.45, 7) is 0. The van der Waals surface area contributed by atoms with E-state index >= 15 is 0 Å². The summed E-state index contributed by atoms with van der Waals surface area (Å²) in [6.07, 6.45) is 1.20. The van der Waals surface area contributed by atoms with E-state index in [4.69, 9.17) is 21.7 Å². The van der Waals surface area contributed by atoms with Crippen LogP contribution in [0.1, 0.15) is 13.4 Å². The smallest absolute Gasteiger partial charge is 1.00 e. The van der Waals surface area contributed by atoms with Gasteiger partial charge < -0.3 is 15.9 Å². The van der Waals surface area contributed by atoms with Crippen molar-refractivity contribution in [2.45, 2.75) is 6.29 Å². The van der Waals surface area contributed by atoms with E-state index in [1.54, 1.807) is 26.5 Å². The van der Waals surface area contributed by atoms with Gasteiger partial charge in [0.1, 0.15) is 0 Å². The minimum absolute atomic E-state index is 0. The molecule has 0 aliphatic carbocycles. The third kappa shape index (κ3) is 3.84. The van der Waals surface area contributed by atoms with Gasteiger partial charge in [-0.3, -0.25) is 0 Å². The van der Waals surface area contributed by atoms with Crippen LogP contribution in [0, 0.1) is 4.77 Å². The molecular weight excluding hydrogens is 199 g/mol. The molecular formula is C7H11N2NaO2S. The van der Waals surface area contributed by atoms with E-state index in [0.29, 0.717) is 4.77 Å². The summed E-state index contributed by atoms with van der Waals surface area (Å²) in [5.41, 5.74) is 0.764. The van der Waals surface area contributed by atoms with E-state index in [-0.39, 0.29) is 31.0 Å². The number of rotatable bonds is 3. The summed E-state index contributed by atoms with van der Waals surface area (Å²) in [7, 11) is 3.12. The van der Waals surface area contributed by atoms with Crippen LogP contribution in [0.5, 0.6) is 0 Å². The van der Waals surface area contributed by atoms with Gasteiger partial charge >= 0.3 is 29.6 Å². The summed E-state index contributed by atoms with van der Waals surface area (Å²) in [5, 5.41) is 0. The number of methoxy groups -OCH3 is 2. The topological polar surface area (TPSA) is 47.1 Å². The second-order valence-corrected chi connectivity index (χ2v) is 2.52. The van der Waals surface area contributed by atoms with E-state index < -0.39 is 6.29 Å². The first-order valence-corrected chi connectivity index (χ1v) is 3.79. The Bertz CT molecular complexity index is 306. The van der Waals surface area contributed by atoms with Crippen molar-refractivity contribution in [3.8, 4) is 0 Å². The summed E-state index contributed by atoms with van der Waals surface area (Å²) >= 11 is 4.84. The van der Waals surface area contributed by atoms with Crippen LogP contribution in [0.15, 0.2) is 12.3 Å². The van der Waals surface area contributed by atoms with Gasteiger partial charge in [-0.25, -0.2) is 4.98 Å². The van der Waals surface area contributed by atoms with Crippen molar-refractivity contribution in [3.05, 3.63) is 22.7 Å². The summed E-state index contributed by atoms with van der Waals surface area (Å²) in [6, 6.07) is 1.76. The van der Waals surface area contributed by atoms with Gasteiger partial charge in [0, 0.05) is 20.4 Å². The average molecular weight is 210 g/mol. The molecule has 1 heterocycles. The Kier molecular flexibility index (Phi) is 6.75. The van der Waals surface area contributed by atoms with Gasteiger partial charge in [-0.15, -0.1) is 0 Å². The van der Waals surface area contributed by atoms with E-state index in [1.807, 2.05) is 0 Å². The van der Waals surface area contributed by atoms with Gasteiger partial charge in [0.15, 0.2) is 11.1 Å². The molecule has 0 saturated carbocycles. The van der Waals surface area contributed by atoms with E-state index in [0.717, 1.165) is 5.69 Å². The number of aromatic nitrogens is 2. The van der Waals surface area contributed by atoms with Crippen LogP contribution in [-0.4, -0.2) is 24.2 Å². The molecule has 1 N–H and O–H groups in total.